The van der Waals surface area contributed by atoms with Crippen LogP contribution in [0.3, 0.4) is 0 Å². The van der Waals surface area contributed by atoms with E-state index in [4.69, 9.17) is 0 Å². The average molecular weight is 508 g/mol. The summed E-state index contributed by atoms with van der Waals surface area (Å²) in [5.74, 6) is 0. The molecule has 38 heavy (non-hydrogen) atoms. The lowest BCUT2D eigenvalue weighted by molar-refractivity contribution is 0.424. The standard InChI is InChI=1S/C26H24B4O8/c31-27(32)21-9-1-17(2-10-21)25(18-3-11-22(12-4-18)28(33)34)26(19-5-13-23(14-6-19)29(35)36)20-7-15-24(16-8-20)30(37)38/h1-16,31-38H. The number of rotatable bonds is 8. The molecule has 0 atom stereocenters. The molecule has 8 N–H and O–H groups in total. The monoisotopic (exact) mass is 508 g/mol. The smallest absolute Gasteiger partial charge is 0.423 e. The predicted molar refractivity (Wildman–Crippen MR) is 150 cm³/mol. The molecule has 4 rings (SSSR count). The zero-order valence-corrected chi connectivity index (χ0v) is 20.1. The molecule has 0 aliphatic heterocycles. The Labute approximate surface area is 221 Å². The van der Waals surface area contributed by atoms with Crippen LogP contribution in [0.5, 0.6) is 0 Å². The summed E-state index contributed by atoms with van der Waals surface area (Å²) < 4.78 is 0. The van der Waals surface area contributed by atoms with Crippen LogP contribution in [0.1, 0.15) is 22.3 Å². The number of benzene rings is 4. The Morgan fingerprint density at radius 3 is 0.579 bits per heavy atom. The van der Waals surface area contributed by atoms with Crippen molar-refractivity contribution in [2.75, 3.05) is 0 Å². The van der Waals surface area contributed by atoms with Crippen LogP contribution in [0, 0.1) is 0 Å². The molecule has 0 aliphatic rings. The van der Waals surface area contributed by atoms with Crippen molar-refractivity contribution in [3.05, 3.63) is 119 Å². The molecule has 0 aliphatic carbocycles. The average Bonchev–Trinajstić information content (AvgIpc) is 2.92. The Kier molecular flexibility index (Phi) is 8.68. The third-order valence-corrected chi connectivity index (χ3v) is 6.24. The van der Waals surface area contributed by atoms with E-state index in [2.05, 4.69) is 0 Å². The molecule has 0 radical (unpaired) electrons. The Morgan fingerprint density at radius 2 is 0.447 bits per heavy atom. The molecule has 0 heterocycles. The van der Waals surface area contributed by atoms with Crippen molar-refractivity contribution in [3.8, 4) is 0 Å². The first-order valence-electron chi connectivity index (χ1n) is 11.8. The maximum atomic E-state index is 9.57. The summed E-state index contributed by atoms with van der Waals surface area (Å²) in [6.45, 7) is 0. The van der Waals surface area contributed by atoms with Crippen LogP contribution in [0.2, 0.25) is 0 Å². The van der Waals surface area contributed by atoms with E-state index in [-0.39, 0.29) is 0 Å². The number of hydrogen-bond acceptors (Lipinski definition) is 8. The van der Waals surface area contributed by atoms with Crippen LogP contribution < -0.4 is 21.9 Å². The van der Waals surface area contributed by atoms with Gasteiger partial charge in [0, 0.05) is 0 Å². The van der Waals surface area contributed by atoms with E-state index >= 15 is 0 Å². The molecule has 8 nitrogen and oxygen atoms in total. The summed E-state index contributed by atoms with van der Waals surface area (Å²) in [5, 5.41) is 76.6. The molecule has 0 unspecified atom stereocenters. The molecular formula is C26H24B4O8. The van der Waals surface area contributed by atoms with E-state index in [1.165, 1.54) is 0 Å². The third-order valence-electron chi connectivity index (χ3n) is 6.24. The highest BCUT2D eigenvalue weighted by Gasteiger charge is 2.21. The Hall–Kier alpha value is -3.44. The van der Waals surface area contributed by atoms with Crippen molar-refractivity contribution in [2.45, 2.75) is 0 Å². The third kappa shape index (κ3) is 6.16. The lowest BCUT2D eigenvalue weighted by Gasteiger charge is -2.19. The Morgan fingerprint density at radius 1 is 0.289 bits per heavy atom. The first-order chi connectivity index (χ1) is 18.2. The van der Waals surface area contributed by atoms with Gasteiger partial charge in [-0.2, -0.15) is 0 Å². The molecular weight excluding hydrogens is 484 g/mol. The van der Waals surface area contributed by atoms with Gasteiger partial charge in [0.15, 0.2) is 0 Å². The molecule has 0 aromatic heterocycles. The van der Waals surface area contributed by atoms with Gasteiger partial charge >= 0.3 is 28.5 Å². The second kappa shape index (κ2) is 12.0. The quantitative estimate of drug-likeness (QED) is 0.0952. The van der Waals surface area contributed by atoms with Gasteiger partial charge in [-0.05, 0) is 55.3 Å². The minimum Gasteiger partial charge on any atom is -0.423 e. The molecule has 0 fully saturated rings. The topological polar surface area (TPSA) is 162 Å². The molecule has 4 aromatic rings. The summed E-state index contributed by atoms with van der Waals surface area (Å²) in [4.78, 5) is 0. The fourth-order valence-electron chi connectivity index (χ4n) is 4.20. The molecule has 0 saturated carbocycles. The highest BCUT2D eigenvalue weighted by Crippen LogP contribution is 2.36. The first kappa shape index (κ1) is 27.6. The second-order valence-electron chi connectivity index (χ2n) is 8.73. The lowest BCUT2D eigenvalue weighted by atomic mass is 9.76. The molecule has 4 aromatic carbocycles. The van der Waals surface area contributed by atoms with Crippen LogP contribution in [0.15, 0.2) is 97.1 Å². The number of hydrogen-bond donors (Lipinski definition) is 8. The molecule has 12 heteroatoms. The normalized spacial score (nSPS) is 10.6. The predicted octanol–water partition coefficient (Wildman–Crippen LogP) is -2.59. The van der Waals surface area contributed by atoms with Crippen molar-refractivity contribution in [1.29, 1.82) is 0 Å². The Bertz CT molecular complexity index is 1170. The molecule has 0 saturated heterocycles. The van der Waals surface area contributed by atoms with Gasteiger partial charge in [0.1, 0.15) is 0 Å². The largest absolute Gasteiger partial charge is 0.488 e. The highest BCUT2D eigenvalue weighted by atomic mass is 16.4. The maximum Gasteiger partial charge on any atom is 0.488 e. The molecule has 0 spiro atoms. The van der Waals surface area contributed by atoms with Crippen LogP contribution in [0.4, 0.5) is 0 Å². The first-order valence-corrected chi connectivity index (χ1v) is 11.8. The van der Waals surface area contributed by atoms with E-state index in [9.17, 15) is 40.2 Å². The van der Waals surface area contributed by atoms with Gasteiger partial charge in [0.05, 0.1) is 0 Å². The lowest BCUT2D eigenvalue weighted by Crippen LogP contribution is -2.30. The Balaban J connectivity index is 2.03. The summed E-state index contributed by atoms with van der Waals surface area (Å²) in [6.07, 6.45) is 0. The highest BCUT2D eigenvalue weighted by molar-refractivity contribution is 6.59. The second-order valence-corrected chi connectivity index (χ2v) is 8.73. The molecule has 0 amide bonds. The van der Waals surface area contributed by atoms with Crippen LogP contribution in [-0.2, 0) is 0 Å². The SMILES string of the molecule is OB(O)c1ccc(C(=C(c2ccc(B(O)O)cc2)c2ccc(B(O)O)cc2)c2ccc(B(O)O)cc2)cc1. The van der Waals surface area contributed by atoms with Gasteiger partial charge in [-0.25, -0.2) is 0 Å². The van der Waals surface area contributed by atoms with Crippen molar-refractivity contribution < 1.29 is 40.2 Å². The van der Waals surface area contributed by atoms with E-state index in [0.29, 0.717) is 55.3 Å². The van der Waals surface area contributed by atoms with E-state index < -0.39 is 28.5 Å². The van der Waals surface area contributed by atoms with E-state index in [1.54, 1.807) is 97.1 Å². The van der Waals surface area contributed by atoms with Gasteiger partial charge in [0.25, 0.3) is 0 Å². The van der Waals surface area contributed by atoms with Gasteiger partial charge < -0.3 is 40.2 Å². The zero-order chi connectivity index (χ0) is 27.4. The summed E-state index contributed by atoms with van der Waals surface area (Å²) >= 11 is 0. The van der Waals surface area contributed by atoms with Crippen LogP contribution >= 0.6 is 0 Å². The van der Waals surface area contributed by atoms with Gasteiger partial charge in [-0.3, -0.25) is 0 Å². The van der Waals surface area contributed by atoms with Crippen molar-refractivity contribution in [3.63, 3.8) is 0 Å². The van der Waals surface area contributed by atoms with E-state index in [0.717, 1.165) is 0 Å². The van der Waals surface area contributed by atoms with Crippen LogP contribution in [0.25, 0.3) is 11.1 Å². The summed E-state index contributed by atoms with van der Waals surface area (Å²) in [5.41, 5.74) is 5.45. The van der Waals surface area contributed by atoms with Crippen molar-refractivity contribution in [2.24, 2.45) is 0 Å². The fraction of sp³-hybridized carbons (Fsp3) is 0. The summed E-state index contributed by atoms with van der Waals surface area (Å²) in [6, 6.07) is 26.5. The van der Waals surface area contributed by atoms with Crippen molar-refractivity contribution in [1.82, 2.24) is 0 Å². The fourth-order valence-corrected chi connectivity index (χ4v) is 4.20. The van der Waals surface area contributed by atoms with Gasteiger partial charge in [0.2, 0.25) is 0 Å². The maximum absolute atomic E-state index is 9.57. The van der Waals surface area contributed by atoms with Crippen LogP contribution in [-0.4, -0.2) is 68.7 Å². The minimum absolute atomic E-state index is 0.302. The summed E-state index contributed by atoms with van der Waals surface area (Å²) in [7, 11) is -6.57. The van der Waals surface area contributed by atoms with Gasteiger partial charge in [-0.1, -0.05) is 97.1 Å². The van der Waals surface area contributed by atoms with Gasteiger partial charge in [-0.15, -0.1) is 0 Å². The molecule has 0 bridgehead atoms. The minimum atomic E-state index is -1.64. The zero-order valence-electron chi connectivity index (χ0n) is 20.1. The molecule has 188 valence electrons. The van der Waals surface area contributed by atoms with Crippen molar-refractivity contribution >= 4 is 61.5 Å². The van der Waals surface area contributed by atoms with E-state index in [1.807, 2.05) is 0 Å².